The van der Waals surface area contributed by atoms with Crippen LogP contribution in [0.25, 0.3) is 0 Å². The molecule has 2 rings (SSSR count). The van der Waals surface area contributed by atoms with E-state index in [0.717, 1.165) is 12.1 Å². The quantitative estimate of drug-likeness (QED) is 0.782. The lowest BCUT2D eigenvalue weighted by molar-refractivity contribution is -0.137. The van der Waals surface area contributed by atoms with Crippen molar-refractivity contribution < 1.29 is 13.2 Å². The Hall–Kier alpha value is -1.44. The van der Waals surface area contributed by atoms with Crippen LogP contribution in [-0.4, -0.2) is 69.6 Å². The maximum Gasteiger partial charge on any atom is 0.233 e. The predicted molar refractivity (Wildman–Crippen MR) is 100.0 cm³/mol. The number of likely N-dealkylation sites (N-methyl/N-ethyl adjacent to an activating group) is 2. The van der Waals surface area contributed by atoms with Crippen molar-refractivity contribution in [3.05, 3.63) is 35.9 Å². The van der Waals surface area contributed by atoms with Crippen LogP contribution in [0.2, 0.25) is 0 Å². The molecule has 6 nitrogen and oxygen atoms in total. The van der Waals surface area contributed by atoms with Crippen molar-refractivity contribution in [3.63, 3.8) is 0 Å². The summed E-state index contributed by atoms with van der Waals surface area (Å²) in [6.45, 7) is 3.78. The van der Waals surface area contributed by atoms with E-state index in [-0.39, 0.29) is 11.7 Å². The van der Waals surface area contributed by atoms with E-state index in [1.807, 2.05) is 44.4 Å². The molecule has 0 radical (unpaired) electrons. The van der Waals surface area contributed by atoms with Crippen molar-refractivity contribution in [2.45, 2.75) is 25.2 Å². The molecular formula is C18H29N3O3S. The van der Waals surface area contributed by atoms with Crippen LogP contribution in [0.4, 0.5) is 0 Å². The molecule has 1 aliphatic rings. The van der Waals surface area contributed by atoms with Gasteiger partial charge in [-0.15, -0.1) is 0 Å². The molecule has 0 spiro atoms. The number of rotatable bonds is 7. The number of sulfonamides is 1. The Morgan fingerprint density at radius 1 is 1.24 bits per heavy atom. The number of amides is 1. The van der Waals surface area contributed by atoms with E-state index in [4.69, 9.17) is 0 Å². The minimum atomic E-state index is -3.22. The van der Waals surface area contributed by atoms with Crippen LogP contribution in [0.1, 0.15) is 25.3 Å². The van der Waals surface area contributed by atoms with Crippen LogP contribution >= 0.6 is 0 Å². The van der Waals surface area contributed by atoms with Crippen LogP contribution in [-0.2, 0) is 20.2 Å². The minimum Gasteiger partial charge on any atom is -0.344 e. The van der Waals surface area contributed by atoms with E-state index in [9.17, 15) is 13.2 Å². The maximum absolute atomic E-state index is 13.3. The van der Waals surface area contributed by atoms with Gasteiger partial charge in [0.1, 0.15) is 0 Å². The molecule has 1 N–H and O–H groups in total. The molecule has 1 aromatic rings. The summed E-state index contributed by atoms with van der Waals surface area (Å²) in [4.78, 5) is 15.0. The first-order valence-corrected chi connectivity index (χ1v) is 10.4. The number of hydrogen-bond donors (Lipinski definition) is 1. The normalized spacial score (nSPS) is 18.0. The molecule has 1 saturated heterocycles. The summed E-state index contributed by atoms with van der Waals surface area (Å²) in [6.07, 6.45) is 1.03. The van der Waals surface area contributed by atoms with Gasteiger partial charge in [0, 0.05) is 33.2 Å². The van der Waals surface area contributed by atoms with Gasteiger partial charge >= 0.3 is 0 Å². The molecule has 1 amide bonds. The van der Waals surface area contributed by atoms with Gasteiger partial charge in [-0.3, -0.25) is 4.79 Å². The zero-order chi connectivity index (χ0) is 18.5. The van der Waals surface area contributed by atoms with E-state index in [1.165, 1.54) is 4.31 Å². The molecule has 140 valence electrons. The minimum absolute atomic E-state index is 0.0718. The molecule has 1 aliphatic heterocycles. The monoisotopic (exact) mass is 367 g/mol. The lowest BCUT2D eigenvalue weighted by Gasteiger charge is -2.42. The molecule has 1 aromatic carbocycles. The smallest absolute Gasteiger partial charge is 0.233 e. The van der Waals surface area contributed by atoms with Crippen molar-refractivity contribution >= 4 is 15.9 Å². The Bertz CT molecular complexity index is 668. The van der Waals surface area contributed by atoms with Crippen molar-refractivity contribution in [1.82, 2.24) is 14.5 Å². The molecule has 0 aliphatic carbocycles. The van der Waals surface area contributed by atoms with Gasteiger partial charge in [0.2, 0.25) is 15.9 Å². The zero-order valence-corrected chi connectivity index (χ0v) is 16.2. The zero-order valence-electron chi connectivity index (χ0n) is 15.4. The van der Waals surface area contributed by atoms with Crippen LogP contribution in [0.15, 0.2) is 30.3 Å². The molecule has 7 heteroatoms. The molecule has 1 heterocycles. The fraction of sp³-hybridized carbons (Fsp3) is 0.611. The number of piperidine rings is 1. The first kappa shape index (κ1) is 19.9. The average Bonchev–Trinajstić information content (AvgIpc) is 2.66. The lowest BCUT2D eigenvalue weighted by Crippen LogP contribution is -2.53. The molecule has 0 saturated carbocycles. The second kappa shape index (κ2) is 8.29. The second-order valence-corrected chi connectivity index (χ2v) is 8.84. The maximum atomic E-state index is 13.3. The summed E-state index contributed by atoms with van der Waals surface area (Å²) in [6, 6.07) is 9.77. The number of carbonyl (C=O) groups is 1. The SMILES string of the molecule is CCS(=O)(=O)N1CCC(C(=O)N(C)CCNC)(c2ccccc2)CC1. The summed E-state index contributed by atoms with van der Waals surface area (Å²) in [7, 11) is 0.464. The molecule has 25 heavy (non-hydrogen) atoms. The third-order valence-corrected chi connectivity index (χ3v) is 7.00. The third kappa shape index (κ3) is 4.22. The highest BCUT2D eigenvalue weighted by Crippen LogP contribution is 2.38. The van der Waals surface area contributed by atoms with Gasteiger partial charge in [0.05, 0.1) is 11.2 Å². The number of benzene rings is 1. The van der Waals surface area contributed by atoms with Crippen molar-refractivity contribution in [2.24, 2.45) is 0 Å². The average molecular weight is 368 g/mol. The topological polar surface area (TPSA) is 69.7 Å². The van der Waals surface area contributed by atoms with Crippen molar-refractivity contribution in [1.29, 1.82) is 0 Å². The van der Waals surface area contributed by atoms with Gasteiger partial charge < -0.3 is 10.2 Å². The summed E-state index contributed by atoms with van der Waals surface area (Å²) in [5.74, 6) is 0.170. The fourth-order valence-electron chi connectivity index (χ4n) is 3.46. The van der Waals surface area contributed by atoms with E-state index in [2.05, 4.69) is 5.32 Å². The lowest BCUT2D eigenvalue weighted by atomic mass is 9.72. The van der Waals surface area contributed by atoms with Gasteiger partial charge in [-0.05, 0) is 32.4 Å². The molecule has 0 aromatic heterocycles. The first-order chi connectivity index (χ1) is 11.9. The highest BCUT2D eigenvalue weighted by Gasteiger charge is 2.45. The standard InChI is InChI=1S/C18H29N3O3S/c1-4-25(23,24)21-13-10-18(11-14-21,16-8-6-5-7-9-16)17(22)20(3)15-12-19-2/h5-9,19H,4,10-15H2,1-3H3. The highest BCUT2D eigenvalue weighted by molar-refractivity contribution is 7.89. The van der Waals surface area contributed by atoms with E-state index < -0.39 is 15.4 Å². The molecule has 1 fully saturated rings. The Labute approximate surface area is 151 Å². The summed E-state index contributed by atoms with van der Waals surface area (Å²) in [5.41, 5.74) is 0.327. The van der Waals surface area contributed by atoms with Crippen LogP contribution in [0.3, 0.4) is 0 Å². The Morgan fingerprint density at radius 2 is 1.84 bits per heavy atom. The summed E-state index contributed by atoms with van der Waals surface area (Å²) in [5, 5.41) is 3.06. The molecule has 0 unspecified atom stereocenters. The van der Waals surface area contributed by atoms with Crippen LogP contribution < -0.4 is 5.32 Å². The molecule has 0 bridgehead atoms. The number of nitrogens with one attached hydrogen (secondary N) is 1. The van der Waals surface area contributed by atoms with Crippen LogP contribution in [0.5, 0.6) is 0 Å². The third-order valence-electron chi connectivity index (χ3n) is 5.11. The summed E-state index contributed by atoms with van der Waals surface area (Å²) >= 11 is 0. The fourth-order valence-corrected chi connectivity index (χ4v) is 4.56. The van der Waals surface area contributed by atoms with Gasteiger partial charge in [0.25, 0.3) is 0 Å². The van der Waals surface area contributed by atoms with Crippen molar-refractivity contribution in [3.8, 4) is 0 Å². The molecular weight excluding hydrogens is 338 g/mol. The van der Waals surface area contributed by atoms with Gasteiger partial charge in [-0.25, -0.2) is 12.7 Å². The number of carbonyl (C=O) groups excluding carboxylic acids is 1. The van der Waals surface area contributed by atoms with E-state index >= 15 is 0 Å². The number of nitrogens with zero attached hydrogens (tertiary/aromatic N) is 2. The van der Waals surface area contributed by atoms with Gasteiger partial charge in [-0.2, -0.15) is 0 Å². The first-order valence-electron chi connectivity index (χ1n) is 8.81. The second-order valence-electron chi connectivity index (χ2n) is 6.58. The van der Waals surface area contributed by atoms with Gasteiger partial charge in [-0.1, -0.05) is 30.3 Å². The number of hydrogen-bond acceptors (Lipinski definition) is 4. The Morgan fingerprint density at radius 3 is 2.36 bits per heavy atom. The van der Waals surface area contributed by atoms with Crippen LogP contribution in [0, 0.1) is 0 Å². The van der Waals surface area contributed by atoms with E-state index in [1.54, 1.807) is 11.8 Å². The predicted octanol–water partition coefficient (Wildman–Crippen LogP) is 1.05. The Balaban J connectivity index is 2.29. The highest BCUT2D eigenvalue weighted by atomic mass is 32.2. The Kier molecular flexibility index (Phi) is 6.59. The largest absolute Gasteiger partial charge is 0.344 e. The van der Waals surface area contributed by atoms with Gasteiger partial charge in [0.15, 0.2) is 0 Å². The van der Waals surface area contributed by atoms with E-state index in [0.29, 0.717) is 32.5 Å². The van der Waals surface area contributed by atoms with Crippen molar-refractivity contribution in [2.75, 3.05) is 46.0 Å². The molecule has 0 atom stereocenters. The summed E-state index contributed by atoms with van der Waals surface area (Å²) < 4.78 is 25.9.